The van der Waals surface area contributed by atoms with Gasteiger partial charge in [-0.1, -0.05) is 18.7 Å². The van der Waals surface area contributed by atoms with Crippen molar-refractivity contribution in [3.8, 4) is 0 Å². The molecule has 0 aromatic heterocycles. The molecule has 7 heteroatoms. The van der Waals surface area contributed by atoms with Crippen LogP contribution in [0.5, 0.6) is 0 Å². The average molecular weight is 426 g/mol. The van der Waals surface area contributed by atoms with Gasteiger partial charge in [-0.3, -0.25) is 4.79 Å². The highest BCUT2D eigenvalue weighted by Crippen LogP contribution is 2.55. The third-order valence-corrected chi connectivity index (χ3v) is 6.87. The van der Waals surface area contributed by atoms with Crippen molar-refractivity contribution in [1.82, 2.24) is 10.6 Å². The van der Waals surface area contributed by atoms with Crippen LogP contribution in [0.15, 0.2) is 53.6 Å². The number of halogens is 1. The highest BCUT2D eigenvalue weighted by molar-refractivity contribution is 5.89. The van der Waals surface area contributed by atoms with Crippen LogP contribution in [0.3, 0.4) is 0 Å². The molecule has 31 heavy (non-hydrogen) atoms. The molecule has 0 radical (unpaired) electrons. The van der Waals surface area contributed by atoms with E-state index in [1.54, 1.807) is 18.2 Å². The van der Waals surface area contributed by atoms with Gasteiger partial charge < -0.3 is 20.1 Å². The maximum Gasteiger partial charge on any atom is 0.258 e. The molecular weight excluding hydrogens is 397 g/mol. The quantitative estimate of drug-likeness (QED) is 0.728. The minimum atomic E-state index is -0.293. The molecule has 1 aromatic carbocycles. The molecular formula is C24H28FN3O3. The summed E-state index contributed by atoms with van der Waals surface area (Å²) < 4.78 is 24.4. The van der Waals surface area contributed by atoms with E-state index < -0.39 is 0 Å². The maximum atomic E-state index is 13.0. The second-order valence-corrected chi connectivity index (χ2v) is 9.48. The second kappa shape index (κ2) is 8.02. The molecule has 6 nitrogen and oxygen atoms in total. The second-order valence-electron chi connectivity index (χ2n) is 9.48. The molecule has 0 saturated heterocycles. The number of nitrogens with one attached hydrogen (secondary N) is 2. The van der Waals surface area contributed by atoms with E-state index >= 15 is 0 Å². The zero-order valence-corrected chi connectivity index (χ0v) is 17.5. The Morgan fingerprint density at radius 2 is 1.77 bits per heavy atom. The van der Waals surface area contributed by atoms with E-state index in [2.05, 4.69) is 22.2 Å². The monoisotopic (exact) mass is 425 g/mol. The van der Waals surface area contributed by atoms with Crippen LogP contribution < -0.4 is 10.6 Å². The van der Waals surface area contributed by atoms with Gasteiger partial charge in [0, 0.05) is 5.54 Å². The fourth-order valence-corrected chi connectivity index (χ4v) is 6.11. The van der Waals surface area contributed by atoms with Gasteiger partial charge in [-0.25, -0.2) is 4.39 Å². The number of nitrogens with zero attached hydrogens (tertiary/aromatic N) is 1. The predicted molar refractivity (Wildman–Crippen MR) is 114 cm³/mol. The summed E-state index contributed by atoms with van der Waals surface area (Å²) in [6, 6.07) is 6.08. The smallest absolute Gasteiger partial charge is 0.258 e. The van der Waals surface area contributed by atoms with Crippen LogP contribution in [0.2, 0.25) is 0 Å². The van der Waals surface area contributed by atoms with Gasteiger partial charge in [0.15, 0.2) is 12.5 Å². The molecule has 0 unspecified atom stereocenters. The van der Waals surface area contributed by atoms with Crippen LogP contribution in [-0.4, -0.2) is 24.0 Å². The topological polar surface area (TPSA) is 72.0 Å². The number of hydrogen-bond donors (Lipinski definition) is 2. The van der Waals surface area contributed by atoms with E-state index in [0.717, 1.165) is 42.6 Å². The number of aliphatic imine (C=N–C) groups is 1. The van der Waals surface area contributed by atoms with Crippen molar-refractivity contribution >= 4 is 11.8 Å². The molecule has 164 valence electrons. The molecule has 6 rings (SSSR count). The van der Waals surface area contributed by atoms with E-state index in [1.165, 1.54) is 31.4 Å². The lowest BCUT2D eigenvalue weighted by molar-refractivity contribution is -0.130. The largest absolute Gasteiger partial charge is 0.473 e. The fraction of sp³-hybridized carbons (Fsp3) is 0.500. The number of benzene rings is 1. The van der Waals surface area contributed by atoms with E-state index in [0.29, 0.717) is 17.6 Å². The molecule has 4 saturated carbocycles. The molecule has 1 heterocycles. The lowest BCUT2D eigenvalue weighted by Gasteiger charge is -2.56. The van der Waals surface area contributed by atoms with Gasteiger partial charge in [0.05, 0.1) is 6.08 Å². The predicted octanol–water partition coefficient (Wildman–Crippen LogP) is 3.76. The summed E-state index contributed by atoms with van der Waals surface area (Å²) in [5, 5.41) is 6.22. The Morgan fingerprint density at radius 1 is 1.13 bits per heavy atom. The summed E-state index contributed by atoms with van der Waals surface area (Å²) in [6.07, 6.45) is 8.93. The number of ether oxygens (including phenoxy) is 2. The normalized spacial score (nSPS) is 30.9. The Kier molecular flexibility index (Phi) is 5.20. The van der Waals surface area contributed by atoms with Crippen LogP contribution in [0.1, 0.15) is 44.1 Å². The minimum absolute atomic E-state index is 0.0297. The highest BCUT2D eigenvalue weighted by Gasteiger charge is 2.51. The zero-order chi connectivity index (χ0) is 21.4. The lowest BCUT2D eigenvalue weighted by Crippen LogP contribution is -2.60. The number of carbonyl (C=O) groups is 1. The number of amides is 1. The van der Waals surface area contributed by atoms with Gasteiger partial charge >= 0.3 is 0 Å². The summed E-state index contributed by atoms with van der Waals surface area (Å²) in [6.45, 7) is 3.97. The molecule has 0 spiro atoms. The first-order chi connectivity index (χ1) is 14.9. The zero-order valence-electron chi connectivity index (χ0n) is 17.5. The Hall–Kier alpha value is -2.83. The van der Waals surface area contributed by atoms with Gasteiger partial charge in [-0.05, 0) is 74.0 Å². The van der Waals surface area contributed by atoms with Gasteiger partial charge in [0.25, 0.3) is 5.91 Å². The summed E-state index contributed by atoms with van der Waals surface area (Å²) in [5.74, 6) is 3.00. The first-order valence-corrected chi connectivity index (χ1v) is 11.0. The molecule has 4 fully saturated rings. The number of rotatable bonds is 6. The van der Waals surface area contributed by atoms with Crippen LogP contribution in [0.25, 0.3) is 0 Å². The minimum Gasteiger partial charge on any atom is -0.473 e. The van der Waals surface area contributed by atoms with E-state index in [4.69, 9.17) is 9.47 Å². The van der Waals surface area contributed by atoms with Crippen molar-refractivity contribution in [1.29, 1.82) is 0 Å². The van der Waals surface area contributed by atoms with Gasteiger partial charge in [-0.2, -0.15) is 4.99 Å². The van der Waals surface area contributed by atoms with Crippen LogP contribution >= 0.6 is 0 Å². The average Bonchev–Trinajstić information content (AvgIpc) is 2.70. The van der Waals surface area contributed by atoms with Crippen molar-refractivity contribution in [2.24, 2.45) is 22.7 Å². The van der Waals surface area contributed by atoms with Crippen LogP contribution in [0, 0.1) is 23.6 Å². The van der Waals surface area contributed by atoms with Gasteiger partial charge in [0.2, 0.25) is 5.90 Å². The number of carbonyl (C=O) groups excluding carboxylic acids is 1. The molecule has 2 N–H and O–H groups in total. The first-order valence-electron chi connectivity index (χ1n) is 11.0. The van der Waals surface area contributed by atoms with Gasteiger partial charge in [0.1, 0.15) is 18.2 Å². The molecule has 1 aromatic rings. The Morgan fingerprint density at radius 3 is 2.42 bits per heavy atom. The molecule has 1 amide bonds. The van der Waals surface area contributed by atoms with Crippen molar-refractivity contribution in [3.63, 3.8) is 0 Å². The standard InChI is InChI=1S/C24H28FN3O3/c1-15-26-22(30-13-16-2-4-20(25)5-3-16)9-23(27-15)31-14-21(29)28-24-10-17-6-18(11-24)8-19(7-17)12-24/h2-5,9,17-19,27H,1,6-8,10-14H2,(H,28,29). The van der Waals surface area contributed by atoms with E-state index in [9.17, 15) is 9.18 Å². The molecule has 0 atom stereocenters. The lowest BCUT2D eigenvalue weighted by atomic mass is 9.53. The summed E-state index contributed by atoms with van der Waals surface area (Å²) >= 11 is 0. The van der Waals surface area contributed by atoms with Crippen molar-refractivity contribution in [3.05, 3.63) is 60.0 Å². The highest BCUT2D eigenvalue weighted by atomic mass is 19.1. The number of hydrogen-bond acceptors (Lipinski definition) is 5. The van der Waals surface area contributed by atoms with Crippen molar-refractivity contribution in [2.75, 3.05) is 6.61 Å². The van der Waals surface area contributed by atoms with Crippen molar-refractivity contribution < 1.29 is 18.7 Å². The van der Waals surface area contributed by atoms with Crippen LogP contribution in [0.4, 0.5) is 4.39 Å². The molecule has 1 aliphatic heterocycles. The Balaban J connectivity index is 1.14. The van der Waals surface area contributed by atoms with Gasteiger partial charge in [-0.15, -0.1) is 0 Å². The Bertz CT molecular complexity index is 903. The summed E-state index contributed by atoms with van der Waals surface area (Å²) in [5.41, 5.74) is 0.789. The first kappa shape index (κ1) is 20.1. The third-order valence-electron chi connectivity index (χ3n) is 6.87. The van der Waals surface area contributed by atoms with Crippen LogP contribution in [-0.2, 0) is 20.9 Å². The maximum absolute atomic E-state index is 13.0. The summed E-state index contributed by atoms with van der Waals surface area (Å²) in [4.78, 5) is 16.9. The third kappa shape index (κ3) is 4.60. The SMILES string of the molecule is C=C1N=C(OCc2ccc(F)cc2)C=C(OCC(=O)NC23CC4CC(CC(C4)C2)C3)N1. The van der Waals surface area contributed by atoms with Crippen molar-refractivity contribution in [2.45, 2.75) is 50.7 Å². The molecule has 4 aliphatic carbocycles. The summed E-state index contributed by atoms with van der Waals surface area (Å²) in [7, 11) is 0. The van der Waals surface area contributed by atoms with E-state index in [1.807, 2.05) is 0 Å². The Labute approximate surface area is 181 Å². The molecule has 5 aliphatic rings. The molecule has 4 bridgehead atoms. The van der Waals surface area contributed by atoms with E-state index in [-0.39, 0.29) is 30.5 Å². The fourth-order valence-electron chi connectivity index (χ4n) is 6.11.